The first-order chi connectivity index (χ1) is 13.9. The lowest BCUT2D eigenvalue weighted by Gasteiger charge is -2.18. The summed E-state index contributed by atoms with van der Waals surface area (Å²) in [5, 5.41) is 3.01. The molecule has 3 rings (SSSR count). The third-order valence-electron chi connectivity index (χ3n) is 3.95. The number of thiazole rings is 1. The average molecular weight is 447 g/mol. The summed E-state index contributed by atoms with van der Waals surface area (Å²) in [6.45, 7) is 1.47. The molecule has 148 valence electrons. The maximum Gasteiger partial charge on any atom is 0.230 e. The van der Waals surface area contributed by atoms with Crippen LogP contribution in [0.15, 0.2) is 53.9 Å². The van der Waals surface area contributed by atoms with Crippen molar-refractivity contribution in [3.63, 3.8) is 0 Å². The summed E-state index contributed by atoms with van der Waals surface area (Å²) in [5.74, 6) is 0.253. The number of methoxy groups -OCH3 is 1. The third kappa shape index (κ3) is 5.03. The van der Waals surface area contributed by atoms with Crippen LogP contribution in [0.3, 0.4) is 0 Å². The number of hydrogen-bond donors (Lipinski definition) is 0. The lowest BCUT2D eigenvalue weighted by molar-refractivity contribution is -0.115. The summed E-state index contributed by atoms with van der Waals surface area (Å²) >= 11 is 13.2. The van der Waals surface area contributed by atoms with Crippen LogP contribution < -0.4 is 9.64 Å². The van der Waals surface area contributed by atoms with Crippen LogP contribution in [-0.2, 0) is 4.79 Å². The molecule has 0 aliphatic carbocycles. The maximum atomic E-state index is 12.4. The molecule has 8 heteroatoms. The van der Waals surface area contributed by atoms with E-state index < -0.39 is 0 Å². The van der Waals surface area contributed by atoms with E-state index in [0.717, 1.165) is 0 Å². The van der Waals surface area contributed by atoms with Gasteiger partial charge >= 0.3 is 0 Å². The van der Waals surface area contributed by atoms with Crippen molar-refractivity contribution in [1.29, 1.82) is 0 Å². The molecular formula is C21H16Cl2N2O3S. The van der Waals surface area contributed by atoms with Crippen LogP contribution in [0.4, 0.5) is 10.8 Å². The number of ketones is 1. The molecule has 0 atom stereocenters. The molecule has 2 aromatic carbocycles. The van der Waals surface area contributed by atoms with Crippen LogP contribution >= 0.6 is 34.5 Å². The Bertz CT molecular complexity index is 1080. The van der Waals surface area contributed by atoms with Gasteiger partial charge in [-0.2, -0.15) is 0 Å². The standard InChI is InChI=1S/C21H16Cl2N2O3S/c1-13(26)25(16-5-7-17(28-2)8-6-16)21-24-15(12-29-21)4-10-20(27)18-9-3-14(22)11-19(18)23/h3-12H,1-2H3. The van der Waals surface area contributed by atoms with Crippen molar-refractivity contribution in [2.75, 3.05) is 12.0 Å². The Morgan fingerprint density at radius 3 is 2.48 bits per heavy atom. The fourth-order valence-electron chi connectivity index (χ4n) is 2.55. The van der Waals surface area contributed by atoms with Gasteiger partial charge < -0.3 is 4.74 Å². The normalized spacial score (nSPS) is 10.9. The molecule has 3 aromatic rings. The minimum Gasteiger partial charge on any atom is -0.497 e. The van der Waals surface area contributed by atoms with Gasteiger partial charge in [0.25, 0.3) is 0 Å². The zero-order chi connectivity index (χ0) is 21.0. The van der Waals surface area contributed by atoms with Crippen molar-refractivity contribution in [2.45, 2.75) is 6.92 Å². The Hall–Kier alpha value is -2.67. The van der Waals surface area contributed by atoms with Crippen molar-refractivity contribution < 1.29 is 14.3 Å². The molecule has 0 bridgehead atoms. The number of anilines is 2. The Morgan fingerprint density at radius 1 is 1.14 bits per heavy atom. The molecule has 0 saturated heterocycles. The molecule has 0 saturated carbocycles. The van der Waals surface area contributed by atoms with Gasteiger partial charge in [-0.3, -0.25) is 14.5 Å². The van der Waals surface area contributed by atoms with E-state index in [-0.39, 0.29) is 16.7 Å². The van der Waals surface area contributed by atoms with E-state index in [0.29, 0.717) is 32.8 Å². The number of amides is 1. The van der Waals surface area contributed by atoms with Gasteiger partial charge in [-0.1, -0.05) is 23.2 Å². The molecule has 1 heterocycles. The molecule has 1 aromatic heterocycles. The van der Waals surface area contributed by atoms with Gasteiger partial charge in [-0.05, 0) is 54.6 Å². The fourth-order valence-corrected chi connectivity index (χ4v) is 3.91. The highest BCUT2D eigenvalue weighted by atomic mass is 35.5. The van der Waals surface area contributed by atoms with Crippen LogP contribution in [0, 0.1) is 0 Å². The number of benzene rings is 2. The minimum absolute atomic E-state index is 0.177. The zero-order valence-corrected chi connectivity index (χ0v) is 17.9. The molecule has 0 radical (unpaired) electrons. The van der Waals surface area contributed by atoms with Crippen molar-refractivity contribution in [1.82, 2.24) is 4.98 Å². The van der Waals surface area contributed by atoms with Gasteiger partial charge in [-0.25, -0.2) is 4.98 Å². The summed E-state index contributed by atoms with van der Waals surface area (Å²) in [7, 11) is 1.58. The van der Waals surface area contributed by atoms with E-state index in [1.165, 1.54) is 35.3 Å². The molecule has 0 aliphatic rings. The second-order valence-electron chi connectivity index (χ2n) is 5.93. The monoisotopic (exact) mass is 446 g/mol. The van der Waals surface area contributed by atoms with Gasteiger partial charge in [0.15, 0.2) is 10.9 Å². The predicted molar refractivity (Wildman–Crippen MR) is 118 cm³/mol. The number of hydrogen-bond acceptors (Lipinski definition) is 5. The summed E-state index contributed by atoms with van der Waals surface area (Å²) in [4.78, 5) is 30.5. The first-order valence-electron chi connectivity index (χ1n) is 8.47. The Labute approximate surface area is 182 Å². The van der Waals surface area contributed by atoms with Gasteiger partial charge in [-0.15, -0.1) is 11.3 Å². The number of halogens is 2. The molecule has 0 N–H and O–H groups in total. The Morgan fingerprint density at radius 2 is 1.86 bits per heavy atom. The molecule has 1 amide bonds. The smallest absolute Gasteiger partial charge is 0.230 e. The first kappa shape index (κ1) is 21.0. The first-order valence-corrected chi connectivity index (χ1v) is 10.1. The fraction of sp³-hybridized carbons (Fsp3) is 0.0952. The second kappa shape index (κ2) is 9.22. The maximum absolute atomic E-state index is 12.4. The number of carbonyl (C=O) groups is 2. The average Bonchev–Trinajstić information content (AvgIpc) is 3.15. The number of rotatable bonds is 6. The summed E-state index contributed by atoms with van der Waals surface area (Å²) in [6.07, 6.45) is 2.97. The zero-order valence-electron chi connectivity index (χ0n) is 15.6. The molecule has 0 spiro atoms. The van der Waals surface area contributed by atoms with Gasteiger partial charge in [0, 0.05) is 22.9 Å². The summed E-state index contributed by atoms with van der Waals surface area (Å²) in [6, 6.07) is 11.8. The molecule has 5 nitrogen and oxygen atoms in total. The van der Waals surface area contributed by atoms with Crippen LogP contribution in [0.1, 0.15) is 23.0 Å². The quantitative estimate of drug-likeness (QED) is 0.342. The van der Waals surface area contributed by atoms with E-state index >= 15 is 0 Å². The molecular weight excluding hydrogens is 431 g/mol. The number of nitrogens with zero attached hydrogens (tertiary/aromatic N) is 2. The van der Waals surface area contributed by atoms with Crippen molar-refractivity contribution in [3.8, 4) is 5.75 Å². The van der Waals surface area contributed by atoms with Crippen LogP contribution in [-0.4, -0.2) is 23.8 Å². The van der Waals surface area contributed by atoms with Crippen molar-refractivity contribution >= 4 is 63.1 Å². The van der Waals surface area contributed by atoms with Gasteiger partial charge in [0.2, 0.25) is 5.91 Å². The molecule has 0 fully saturated rings. The number of allylic oxidation sites excluding steroid dienone is 1. The molecule has 0 aliphatic heterocycles. The second-order valence-corrected chi connectivity index (χ2v) is 7.61. The van der Waals surface area contributed by atoms with Crippen LogP contribution in [0.25, 0.3) is 6.08 Å². The molecule has 29 heavy (non-hydrogen) atoms. The Balaban J connectivity index is 1.81. The van der Waals surface area contributed by atoms with E-state index in [2.05, 4.69) is 4.98 Å². The largest absolute Gasteiger partial charge is 0.497 e. The third-order valence-corrected chi connectivity index (χ3v) is 5.34. The molecule has 0 unspecified atom stereocenters. The van der Waals surface area contributed by atoms with Gasteiger partial charge in [0.1, 0.15) is 5.75 Å². The van der Waals surface area contributed by atoms with E-state index in [1.54, 1.807) is 55.0 Å². The highest BCUT2D eigenvalue weighted by Crippen LogP contribution is 2.30. The van der Waals surface area contributed by atoms with Crippen molar-refractivity contribution in [2.24, 2.45) is 0 Å². The lowest BCUT2D eigenvalue weighted by atomic mass is 10.1. The Kier molecular flexibility index (Phi) is 6.69. The van der Waals surface area contributed by atoms with Crippen LogP contribution in [0.5, 0.6) is 5.75 Å². The van der Waals surface area contributed by atoms with E-state index in [1.807, 2.05) is 0 Å². The number of aromatic nitrogens is 1. The predicted octanol–water partition coefficient (Wildman–Crippen LogP) is 6.04. The van der Waals surface area contributed by atoms with Crippen LogP contribution in [0.2, 0.25) is 10.0 Å². The highest BCUT2D eigenvalue weighted by Gasteiger charge is 2.17. The van der Waals surface area contributed by atoms with E-state index in [4.69, 9.17) is 27.9 Å². The highest BCUT2D eigenvalue weighted by molar-refractivity contribution is 7.14. The number of carbonyl (C=O) groups excluding carboxylic acids is 2. The lowest BCUT2D eigenvalue weighted by Crippen LogP contribution is -2.22. The number of ether oxygens (including phenoxy) is 1. The van der Waals surface area contributed by atoms with Crippen molar-refractivity contribution in [3.05, 3.63) is 75.2 Å². The van der Waals surface area contributed by atoms with Gasteiger partial charge in [0.05, 0.1) is 23.5 Å². The topological polar surface area (TPSA) is 59.5 Å². The minimum atomic E-state index is -0.264. The SMILES string of the molecule is COc1ccc(N(C(C)=O)c2nc(C=CC(=O)c3ccc(Cl)cc3Cl)cs2)cc1. The summed E-state index contributed by atoms with van der Waals surface area (Å²) < 4.78 is 5.15. The van der Waals surface area contributed by atoms with E-state index in [9.17, 15) is 9.59 Å². The summed E-state index contributed by atoms with van der Waals surface area (Å²) in [5.41, 5.74) is 1.58.